The van der Waals surface area contributed by atoms with Crippen LogP contribution in [0.3, 0.4) is 0 Å². The van der Waals surface area contributed by atoms with E-state index >= 15 is 0 Å². The predicted molar refractivity (Wildman–Crippen MR) is 73.8 cm³/mol. The van der Waals surface area contributed by atoms with Crippen molar-refractivity contribution in [3.05, 3.63) is 60.4 Å². The molecule has 19 heavy (non-hydrogen) atoms. The fraction of sp³-hybridized carbons (Fsp3) is 0.0714. The highest BCUT2D eigenvalue weighted by atomic mass is 16.2. The lowest BCUT2D eigenvalue weighted by atomic mass is 10.3. The Morgan fingerprint density at radius 1 is 1.16 bits per heavy atom. The first-order chi connectivity index (χ1) is 9.34. The Labute approximate surface area is 111 Å². The van der Waals surface area contributed by atoms with E-state index in [0.29, 0.717) is 6.54 Å². The Bertz CT molecular complexity index is 540. The van der Waals surface area contributed by atoms with E-state index in [1.165, 1.54) is 6.21 Å². The van der Waals surface area contributed by atoms with Crippen molar-refractivity contribution in [2.24, 2.45) is 4.99 Å². The van der Waals surface area contributed by atoms with Gasteiger partial charge in [-0.05, 0) is 29.8 Å². The molecule has 1 aromatic heterocycles. The first-order valence-electron chi connectivity index (χ1n) is 5.85. The molecule has 0 spiro atoms. The number of carbonyl (C=O) groups is 1. The van der Waals surface area contributed by atoms with Crippen molar-refractivity contribution in [1.29, 1.82) is 0 Å². The van der Waals surface area contributed by atoms with Gasteiger partial charge in [-0.2, -0.15) is 0 Å². The zero-order valence-electron chi connectivity index (χ0n) is 10.3. The summed E-state index contributed by atoms with van der Waals surface area (Å²) >= 11 is 0. The molecule has 0 radical (unpaired) electrons. The Kier molecular flexibility index (Phi) is 4.78. The Morgan fingerprint density at radius 2 is 1.89 bits per heavy atom. The molecule has 0 unspecified atom stereocenters. The summed E-state index contributed by atoms with van der Waals surface area (Å²) in [6.07, 6.45) is 4.65. The number of amides is 1. The van der Waals surface area contributed by atoms with Crippen molar-refractivity contribution < 1.29 is 4.79 Å². The molecule has 2 N–H and O–H groups in total. The second-order valence-electron chi connectivity index (χ2n) is 3.79. The first-order valence-corrected chi connectivity index (χ1v) is 5.85. The minimum absolute atomic E-state index is 0.294. The predicted octanol–water partition coefficient (Wildman–Crippen LogP) is 1.60. The van der Waals surface area contributed by atoms with Gasteiger partial charge in [0.1, 0.15) is 0 Å². The first kappa shape index (κ1) is 12.9. The number of aromatic nitrogens is 1. The van der Waals surface area contributed by atoms with E-state index in [0.717, 1.165) is 11.3 Å². The average molecular weight is 254 g/mol. The van der Waals surface area contributed by atoms with Crippen molar-refractivity contribution in [1.82, 2.24) is 15.8 Å². The molecule has 96 valence electrons. The fourth-order valence-corrected chi connectivity index (χ4v) is 1.41. The highest BCUT2D eigenvalue weighted by Gasteiger charge is 1.95. The van der Waals surface area contributed by atoms with Gasteiger partial charge in [-0.25, -0.2) is 5.43 Å². The van der Waals surface area contributed by atoms with Crippen molar-refractivity contribution in [3.63, 3.8) is 0 Å². The normalized spacial score (nSPS) is 10.5. The molecule has 5 nitrogen and oxygen atoms in total. The number of aliphatic imine (C=N–C) groups is 1. The van der Waals surface area contributed by atoms with Gasteiger partial charge in [0.15, 0.2) is 0 Å². The second kappa shape index (κ2) is 7.03. The number of nitrogens with zero attached hydrogens (tertiary/aromatic N) is 2. The molecule has 0 saturated carbocycles. The molecule has 0 aliphatic carbocycles. The minimum atomic E-state index is -0.294. The number of hydrogen-bond donors (Lipinski definition) is 2. The van der Waals surface area contributed by atoms with E-state index in [-0.39, 0.29) is 5.91 Å². The van der Waals surface area contributed by atoms with Gasteiger partial charge in [0.05, 0.1) is 11.9 Å². The number of hydrogen-bond acceptors (Lipinski definition) is 4. The molecule has 1 amide bonds. The van der Waals surface area contributed by atoms with E-state index < -0.39 is 0 Å². The van der Waals surface area contributed by atoms with Gasteiger partial charge in [0, 0.05) is 18.9 Å². The lowest BCUT2D eigenvalue weighted by Crippen LogP contribution is -2.37. The monoisotopic (exact) mass is 254 g/mol. The van der Waals surface area contributed by atoms with E-state index in [1.54, 1.807) is 12.4 Å². The van der Waals surface area contributed by atoms with Crippen molar-refractivity contribution >= 4 is 17.8 Å². The van der Waals surface area contributed by atoms with Gasteiger partial charge in [-0.1, -0.05) is 18.2 Å². The van der Waals surface area contributed by atoms with E-state index in [4.69, 9.17) is 0 Å². The number of nitrogens with one attached hydrogen (secondary N) is 2. The van der Waals surface area contributed by atoms with Crippen LogP contribution in [0.4, 0.5) is 5.69 Å². The molecular weight excluding hydrogens is 240 g/mol. The van der Waals surface area contributed by atoms with Crippen LogP contribution in [0.5, 0.6) is 0 Å². The van der Waals surface area contributed by atoms with Gasteiger partial charge in [-0.3, -0.25) is 20.2 Å². The van der Waals surface area contributed by atoms with Crippen LogP contribution in [0, 0.1) is 0 Å². The fourth-order valence-electron chi connectivity index (χ4n) is 1.41. The van der Waals surface area contributed by atoms with Gasteiger partial charge < -0.3 is 0 Å². The summed E-state index contributed by atoms with van der Waals surface area (Å²) < 4.78 is 0. The summed E-state index contributed by atoms with van der Waals surface area (Å²) in [6, 6.07) is 13.0. The molecule has 0 bridgehead atoms. The molecule has 5 heteroatoms. The smallest absolute Gasteiger partial charge is 0.276 e. The molecule has 0 fully saturated rings. The number of carbonyl (C=O) groups excluding carboxylic acids is 1. The van der Waals surface area contributed by atoms with Crippen LogP contribution in [-0.4, -0.2) is 17.1 Å². The number of hydrazine groups is 1. The highest BCUT2D eigenvalue weighted by Crippen LogP contribution is 2.07. The minimum Gasteiger partial charge on any atom is -0.286 e. The Balaban J connectivity index is 1.75. The number of rotatable bonds is 5. The molecule has 1 aromatic carbocycles. The molecule has 0 aliphatic rings. The van der Waals surface area contributed by atoms with Crippen LogP contribution in [0.25, 0.3) is 0 Å². The zero-order valence-corrected chi connectivity index (χ0v) is 10.3. The molecule has 0 aliphatic heterocycles. The summed E-state index contributed by atoms with van der Waals surface area (Å²) in [6.45, 7) is 0.535. The highest BCUT2D eigenvalue weighted by molar-refractivity contribution is 6.26. The SMILES string of the molecule is O=C(C=Nc1ccccc1)NNCc1ccncc1. The van der Waals surface area contributed by atoms with E-state index in [9.17, 15) is 4.79 Å². The quantitative estimate of drug-likeness (QED) is 0.629. The molecule has 0 atom stereocenters. The summed E-state index contributed by atoms with van der Waals surface area (Å²) in [7, 11) is 0. The van der Waals surface area contributed by atoms with E-state index in [1.807, 2.05) is 42.5 Å². The summed E-state index contributed by atoms with van der Waals surface area (Å²) in [5.41, 5.74) is 7.14. The third-order valence-corrected chi connectivity index (χ3v) is 2.34. The van der Waals surface area contributed by atoms with Crippen molar-refractivity contribution in [3.8, 4) is 0 Å². The van der Waals surface area contributed by atoms with E-state index in [2.05, 4.69) is 20.8 Å². The standard InChI is InChI=1S/C14H14N4O/c19-14(11-16-13-4-2-1-3-5-13)18-17-10-12-6-8-15-9-7-12/h1-9,11,17H,10H2,(H,18,19). The molecule has 2 rings (SSSR count). The second-order valence-corrected chi connectivity index (χ2v) is 3.79. The van der Waals surface area contributed by atoms with Gasteiger partial charge in [0.25, 0.3) is 5.91 Å². The molecule has 0 saturated heterocycles. The summed E-state index contributed by atoms with van der Waals surface area (Å²) in [5, 5.41) is 0. The largest absolute Gasteiger partial charge is 0.286 e. The zero-order chi connectivity index (χ0) is 13.3. The lowest BCUT2D eigenvalue weighted by molar-refractivity contribution is -0.115. The van der Waals surface area contributed by atoms with Crippen LogP contribution in [0.2, 0.25) is 0 Å². The Hall–Kier alpha value is -2.53. The number of benzene rings is 1. The number of pyridine rings is 1. The maximum atomic E-state index is 11.5. The van der Waals surface area contributed by atoms with Gasteiger partial charge in [0.2, 0.25) is 0 Å². The number of para-hydroxylation sites is 1. The van der Waals surface area contributed by atoms with Crippen LogP contribution < -0.4 is 10.9 Å². The maximum absolute atomic E-state index is 11.5. The van der Waals surface area contributed by atoms with Crippen molar-refractivity contribution in [2.75, 3.05) is 0 Å². The maximum Gasteiger partial charge on any atom is 0.276 e. The molecular formula is C14H14N4O. The third kappa shape index (κ3) is 4.69. The van der Waals surface area contributed by atoms with Crippen LogP contribution in [0.1, 0.15) is 5.56 Å². The summed E-state index contributed by atoms with van der Waals surface area (Å²) in [4.78, 5) is 19.4. The Morgan fingerprint density at radius 3 is 2.63 bits per heavy atom. The topological polar surface area (TPSA) is 66.4 Å². The lowest BCUT2D eigenvalue weighted by Gasteiger charge is -2.04. The van der Waals surface area contributed by atoms with Crippen LogP contribution in [0.15, 0.2) is 59.9 Å². The molecule has 2 aromatic rings. The van der Waals surface area contributed by atoms with Crippen LogP contribution >= 0.6 is 0 Å². The summed E-state index contributed by atoms with van der Waals surface area (Å²) in [5.74, 6) is -0.294. The van der Waals surface area contributed by atoms with Gasteiger partial charge >= 0.3 is 0 Å². The molecule has 1 heterocycles. The third-order valence-electron chi connectivity index (χ3n) is 2.34. The van der Waals surface area contributed by atoms with Crippen LogP contribution in [-0.2, 0) is 11.3 Å². The van der Waals surface area contributed by atoms with Gasteiger partial charge in [-0.15, -0.1) is 0 Å². The average Bonchev–Trinajstić information content (AvgIpc) is 2.47. The van der Waals surface area contributed by atoms with Crippen molar-refractivity contribution in [2.45, 2.75) is 6.54 Å².